The Kier molecular flexibility index (Phi) is 5.67. The molecule has 4 rings (SSSR count). The number of rotatable bonds is 4. The van der Waals surface area contributed by atoms with E-state index in [2.05, 4.69) is 10.2 Å². The number of anilines is 1. The summed E-state index contributed by atoms with van der Waals surface area (Å²) in [6.45, 7) is 5.43. The van der Waals surface area contributed by atoms with E-state index in [0.29, 0.717) is 30.9 Å². The first-order chi connectivity index (χ1) is 14.6. The Morgan fingerprint density at radius 1 is 1.13 bits per heavy atom. The van der Waals surface area contributed by atoms with Crippen LogP contribution in [0.15, 0.2) is 54.9 Å². The minimum atomic E-state index is -0.0907. The molecule has 156 valence electrons. The number of benzene rings is 2. The van der Waals surface area contributed by atoms with Crippen molar-refractivity contribution in [3.05, 3.63) is 66.0 Å². The van der Waals surface area contributed by atoms with Crippen LogP contribution in [0, 0.1) is 6.92 Å². The van der Waals surface area contributed by atoms with Gasteiger partial charge < -0.3 is 9.64 Å². The summed E-state index contributed by atoms with van der Waals surface area (Å²) in [6.07, 6.45) is 3.20. The highest BCUT2D eigenvalue weighted by Gasteiger charge is 2.28. The molecule has 0 aliphatic carbocycles. The first-order valence-corrected chi connectivity index (χ1v) is 9.89. The molecule has 0 spiro atoms. The zero-order chi connectivity index (χ0) is 21.1. The lowest BCUT2D eigenvalue weighted by molar-refractivity contribution is 0.0602. The third-order valence-corrected chi connectivity index (χ3v) is 5.17. The largest absolute Gasteiger partial charge is 0.497 e. The van der Waals surface area contributed by atoms with E-state index in [0.717, 1.165) is 17.0 Å². The molecular weight excluding hydrogens is 382 g/mol. The Bertz CT molecular complexity index is 1020. The molecule has 8 heteroatoms. The second-order valence-electron chi connectivity index (χ2n) is 7.29. The molecule has 0 bridgehead atoms. The van der Waals surface area contributed by atoms with E-state index >= 15 is 0 Å². The quantitative estimate of drug-likeness (QED) is 0.662. The van der Waals surface area contributed by atoms with Crippen LogP contribution in [0.4, 0.5) is 5.69 Å². The molecule has 1 saturated heterocycles. The summed E-state index contributed by atoms with van der Waals surface area (Å²) in [5.74, 6) is 0.701. The maximum absolute atomic E-state index is 13.5. The molecular formula is C22H25N5O3. The van der Waals surface area contributed by atoms with E-state index in [9.17, 15) is 4.79 Å². The Hall–Kier alpha value is -3.39. The average Bonchev–Trinajstić information content (AvgIpc) is 3.23. The van der Waals surface area contributed by atoms with Gasteiger partial charge in [0.1, 0.15) is 5.75 Å². The van der Waals surface area contributed by atoms with Crippen LogP contribution in [0.3, 0.4) is 0 Å². The van der Waals surface area contributed by atoms with Crippen molar-refractivity contribution >= 4 is 11.6 Å². The maximum Gasteiger partial charge on any atom is 0.256 e. The second-order valence-corrected chi connectivity index (χ2v) is 7.29. The van der Waals surface area contributed by atoms with Crippen LogP contribution in [0.1, 0.15) is 22.8 Å². The van der Waals surface area contributed by atoms with Gasteiger partial charge in [-0.25, -0.2) is 0 Å². The van der Waals surface area contributed by atoms with Crippen molar-refractivity contribution in [3.8, 4) is 11.4 Å². The molecule has 1 fully saturated rings. The number of amides is 1. The van der Waals surface area contributed by atoms with E-state index in [1.165, 1.54) is 4.80 Å². The Balaban J connectivity index is 1.59. The smallest absolute Gasteiger partial charge is 0.256 e. The number of hydroxylamine groups is 1. The van der Waals surface area contributed by atoms with Gasteiger partial charge in [0.25, 0.3) is 5.91 Å². The number of ether oxygens (including phenoxy) is 1. The van der Waals surface area contributed by atoms with Crippen LogP contribution in [0.25, 0.3) is 5.69 Å². The molecule has 1 aromatic heterocycles. The molecule has 3 aromatic rings. The molecule has 8 nitrogen and oxygen atoms in total. The topological polar surface area (TPSA) is 72.7 Å². The summed E-state index contributed by atoms with van der Waals surface area (Å²) >= 11 is 0. The standard InChI is InChI=1S/C22H25N5O3/c1-16-7-8-21(27-23-9-10-24-27)20(13-16)22(28)25-11-12-26(30-15-17(25)2)18-5-4-6-19(14-18)29-3/h4-10,13-14,17H,11-12,15H2,1-3H3/t17-/m1/s1. The van der Waals surface area contributed by atoms with Crippen molar-refractivity contribution < 1.29 is 14.4 Å². The van der Waals surface area contributed by atoms with Crippen molar-refractivity contribution in [1.29, 1.82) is 0 Å². The molecule has 2 aromatic carbocycles. The summed E-state index contributed by atoms with van der Waals surface area (Å²) in [7, 11) is 1.64. The predicted molar refractivity (Wildman–Crippen MR) is 113 cm³/mol. The second kappa shape index (κ2) is 8.54. The van der Waals surface area contributed by atoms with Gasteiger partial charge in [-0.2, -0.15) is 15.0 Å². The highest BCUT2D eigenvalue weighted by molar-refractivity contribution is 5.98. The molecule has 1 atom stereocenters. The number of methoxy groups -OCH3 is 1. The molecule has 2 heterocycles. The molecule has 1 amide bonds. The van der Waals surface area contributed by atoms with Crippen molar-refractivity contribution in [2.24, 2.45) is 0 Å². The first kappa shape index (κ1) is 19.9. The first-order valence-electron chi connectivity index (χ1n) is 9.89. The van der Waals surface area contributed by atoms with Crippen LogP contribution >= 0.6 is 0 Å². The van der Waals surface area contributed by atoms with E-state index in [1.54, 1.807) is 19.5 Å². The summed E-state index contributed by atoms with van der Waals surface area (Å²) in [5.41, 5.74) is 3.14. The lowest BCUT2D eigenvalue weighted by atomic mass is 10.1. The number of nitrogens with zero attached hydrogens (tertiary/aromatic N) is 5. The van der Waals surface area contributed by atoms with Gasteiger partial charge in [-0.1, -0.05) is 17.7 Å². The van der Waals surface area contributed by atoms with Gasteiger partial charge in [-0.05, 0) is 38.1 Å². The number of carbonyl (C=O) groups excluding carboxylic acids is 1. The highest BCUT2D eigenvalue weighted by Crippen LogP contribution is 2.24. The van der Waals surface area contributed by atoms with Gasteiger partial charge in [0.15, 0.2) is 0 Å². The summed E-state index contributed by atoms with van der Waals surface area (Å²) < 4.78 is 5.31. The van der Waals surface area contributed by atoms with Gasteiger partial charge >= 0.3 is 0 Å². The molecule has 1 aliphatic heterocycles. The third-order valence-electron chi connectivity index (χ3n) is 5.17. The van der Waals surface area contributed by atoms with Crippen LogP contribution < -0.4 is 9.80 Å². The minimum absolute atomic E-state index is 0.0606. The summed E-state index contributed by atoms with van der Waals surface area (Å²) in [4.78, 5) is 22.9. The van der Waals surface area contributed by atoms with Crippen molar-refractivity contribution in [1.82, 2.24) is 19.9 Å². The van der Waals surface area contributed by atoms with Gasteiger partial charge in [-0.15, -0.1) is 0 Å². The zero-order valence-corrected chi connectivity index (χ0v) is 17.4. The molecule has 30 heavy (non-hydrogen) atoms. The average molecular weight is 407 g/mol. The van der Waals surface area contributed by atoms with Crippen molar-refractivity contribution in [2.75, 3.05) is 31.9 Å². The molecule has 0 N–H and O–H groups in total. The number of carbonyl (C=O) groups is 1. The SMILES string of the molecule is COc1cccc(N2CCN(C(=O)c3cc(C)ccc3-n3nccn3)[C@H](C)CO2)c1. The minimum Gasteiger partial charge on any atom is -0.497 e. The van der Waals surface area contributed by atoms with Crippen molar-refractivity contribution in [2.45, 2.75) is 19.9 Å². The number of hydrogen-bond donors (Lipinski definition) is 0. The maximum atomic E-state index is 13.5. The van der Waals surface area contributed by atoms with E-state index < -0.39 is 0 Å². The monoisotopic (exact) mass is 407 g/mol. The number of aromatic nitrogens is 3. The van der Waals surface area contributed by atoms with E-state index in [1.807, 2.05) is 66.3 Å². The van der Waals surface area contributed by atoms with E-state index in [4.69, 9.17) is 9.57 Å². The van der Waals surface area contributed by atoms with Crippen LogP contribution in [-0.4, -0.2) is 58.6 Å². The van der Waals surface area contributed by atoms with Crippen LogP contribution in [0.2, 0.25) is 0 Å². The van der Waals surface area contributed by atoms with Gasteiger partial charge in [-0.3, -0.25) is 14.7 Å². The molecule has 1 aliphatic rings. The molecule has 0 saturated carbocycles. The third kappa shape index (κ3) is 3.99. The number of aryl methyl sites for hydroxylation is 1. The van der Waals surface area contributed by atoms with E-state index in [-0.39, 0.29) is 11.9 Å². The highest BCUT2D eigenvalue weighted by atomic mass is 16.7. The lowest BCUT2D eigenvalue weighted by Gasteiger charge is -2.26. The Labute approximate surface area is 175 Å². The Morgan fingerprint density at radius 3 is 2.70 bits per heavy atom. The fourth-order valence-corrected chi connectivity index (χ4v) is 3.53. The van der Waals surface area contributed by atoms with Gasteiger partial charge in [0.05, 0.1) is 55.6 Å². The van der Waals surface area contributed by atoms with Crippen LogP contribution in [0.5, 0.6) is 5.75 Å². The van der Waals surface area contributed by atoms with Crippen molar-refractivity contribution in [3.63, 3.8) is 0 Å². The van der Waals surface area contributed by atoms with Gasteiger partial charge in [0.2, 0.25) is 0 Å². The predicted octanol–water partition coefficient (Wildman–Crippen LogP) is 2.87. The molecule has 0 unspecified atom stereocenters. The molecule has 0 radical (unpaired) electrons. The fraction of sp³-hybridized carbons (Fsp3) is 0.318. The summed E-state index contributed by atoms with van der Waals surface area (Å²) in [6, 6.07) is 13.3. The fourth-order valence-electron chi connectivity index (χ4n) is 3.53. The number of hydrogen-bond acceptors (Lipinski definition) is 6. The lowest BCUT2D eigenvalue weighted by Crippen LogP contribution is -2.41. The van der Waals surface area contributed by atoms with Crippen LogP contribution in [-0.2, 0) is 4.84 Å². The Morgan fingerprint density at radius 2 is 1.93 bits per heavy atom. The van der Waals surface area contributed by atoms with Gasteiger partial charge in [0, 0.05) is 12.6 Å². The summed E-state index contributed by atoms with van der Waals surface area (Å²) in [5, 5.41) is 10.2. The normalized spacial score (nSPS) is 17.0. The zero-order valence-electron chi connectivity index (χ0n) is 17.4.